The molecule has 0 fully saturated rings. The minimum atomic E-state index is -0.502. The van der Waals surface area contributed by atoms with Crippen LogP contribution < -0.4 is 10.6 Å². The first-order valence-corrected chi connectivity index (χ1v) is 8.24. The highest BCUT2D eigenvalue weighted by Gasteiger charge is 2.10. The molecule has 0 radical (unpaired) electrons. The minimum absolute atomic E-state index is 0.0508. The van der Waals surface area contributed by atoms with E-state index in [4.69, 9.17) is 0 Å². The van der Waals surface area contributed by atoms with Crippen LogP contribution in [0.3, 0.4) is 0 Å². The number of hydrogen-bond acceptors (Lipinski definition) is 6. The Labute approximate surface area is 147 Å². The Bertz CT molecular complexity index is 904. The van der Waals surface area contributed by atoms with Crippen LogP contribution in [0.2, 0.25) is 0 Å². The number of nitro groups is 1. The summed E-state index contributed by atoms with van der Waals surface area (Å²) in [6.07, 6.45) is 0. The van der Waals surface area contributed by atoms with Gasteiger partial charge in [-0.15, -0.1) is 11.3 Å². The molecule has 8 heteroatoms. The highest BCUT2D eigenvalue weighted by atomic mass is 32.1. The SMILES string of the molecule is CNc1nc(-c2ccc(NC(=O)c3ccc([N+](=O)[O-])cc3)cc2)cs1. The van der Waals surface area contributed by atoms with Crippen LogP contribution in [-0.4, -0.2) is 22.9 Å². The van der Waals surface area contributed by atoms with Gasteiger partial charge in [-0.1, -0.05) is 12.1 Å². The molecule has 0 saturated heterocycles. The zero-order chi connectivity index (χ0) is 17.8. The van der Waals surface area contributed by atoms with Gasteiger partial charge in [-0.2, -0.15) is 0 Å². The predicted molar refractivity (Wildman–Crippen MR) is 98.1 cm³/mol. The maximum absolute atomic E-state index is 12.2. The summed E-state index contributed by atoms with van der Waals surface area (Å²) in [6, 6.07) is 12.8. The molecule has 0 saturated carbocycles. The van der Waals surface area contributed by atoms with Crippen molar-refractivity contribution in [3.63, 3.8) is 0 Å². The van der Waals surface area contributed by atoms with Gasteiger partial charge >= 0.3 is 0 Å². The number of aromatic nitrogens is 1. The number of benzene rings is 2. The Morgan fingerprint density at radius 1 is 1.12 bits per heavy atom. The van der Waals surface area contributed by atoms with E-state index in [-0.39, 0.29) is 11.6 Å². The monoisotopic (exact) mass is 354 g/mol. The third-order valence-electron chi connectivity index (χ3n) is 3.50. The summed E-state index contributed by atoms with van der Waals surface area (Å²) in [5, 5.41) is 19.2. The van der Waals surface area contributed by atoms with Crippen LogP contribution >= 0.6 is 11.3 Å². The molecule has 1 aromatic heterocycles. The van der Waals surface area contributed by atoms with Gasteiger partial charge in [-0.05, 0) is 24.3 Å². The van der Waals surface area contributed by atoms with Gasteiger partial charge in [0, 0.05) is 41.4 Å². The van der Waals surface area contributed by atoms with Crippen molar-refractivity contribution < 1.29 is 9.72 Å². The molecule has 2 N–H and O–H groups in total. The second-order valence-electron chi connectivity index (χ2n) is 5.12. The van der Waals surface area contributed by atoms with Gasteiger partial charge in [0.2, 0.25) is 0 Å². The van der Waals surface area contributed by atoms with Gasteiger partial charge in [0.15, 0.2) is 5.13 Å². The topological polar surface area (TPSA) is 97.2 Å². The normalized spacial score (nSPS) is 10.3. The quantitative estimate of drug-likeness (QED) is 0.533. The van der Waals surface area contributed by atoms with E-state index in [9.17, 15) is 14.9 Å². The Morgan fingerprint density at radius 2 is 1.80 bits per heavy atom. The maximum Gasteiger partial charge on any atom is 0.269 e. The van der Waals surface area contributed by atoms with Crippen molar-refractivity contribution in [2.75, 3.05) is 17.7 Å². The van der Waals surface area contributed by atoms with Gasteiger partial charge in [0.1, 0.15) is 0 Å². The average Bonchev–Trinajstić information content (AvgIpc) is 3.11. The van der Waals surface area contributed by atoms with E-state index >= 15 is 0 Å². The Kier molecular flexibility index (Phi) is 4.71. The summed E-state index contributed by atoms with van der Waals surface area (Å²) in [7, 11) is 1.82. The number of nitrogens with zero attached hydrogens (tertiary/aromatic N) is 2. The lowest BCUT2D eigenvalue weighted by Gasteiger charge is -2.06. The fraction of sp³-hybridized carbons (Fsp3) is 0.0588. The molecule has 0 aliphatic rings. The van der Waals surface area contributed by atoms with Gasteiger partial charge < -0.3 is 10.6 Å². The second kappa shape index (κ2) is 7.10. The summed E-state index contributed by atoms with van der Waals surface area (Å²) in [5.41, 5.74) is 2.75. The Hall–Kier alpha value is -3.26. The third-order valence-corrected chi connectivity index (χ3v) is 4.36. The molecule has 3 aromatic rings. The van der Waals surface area contributed by atoms with Gasteiger partial charge in [-0.3, -0.25) is 14.9 Å². The molecular formula is C17H14N4O3S. The maximum atomic E-state index is 12.2. The minimum Gasteiger partial charge on any atom is -0.365 e. The molecule has 3 rings (SSSR count). The lowest BCUT2D eigenvalue weighted by molar-refractivity contribution is -0.384. The molecule has 1 heterocycles. The lowest BCUT2D eigenvalue weighted by atomic mass is 10.1. The predicted octanol–water partition coefficient (Wildman–Crippen LogP) is 4.01. The van der Waals surface area contributed by atoms with Crippen molar-refractivity contribution >= 4 is 33.8 Å². The molecule has 0 unspecified atom stereocenters. The summed E-state index contributed by atoms with van der Waals surface area (Å²) < 4.78 is 0. The number of thiazole rings is 1. The van der Waals surface area contributed by atoms with Gasteiger partial charge in [0.05, 0.1) is 10.6 Å². The molecule has 0 aliphatic carbocycles. The van der Waals surface area contributed by atoms with Crippen LogP contribution in [0.25, 0.3) is 11.3 Å². The first kappa shape index (κ1) is 16.6. The van der Waals surface area contributed by atoms with E-state index in [1.54, 1.807) is 12.1 Å². The summed E-state index contributed by atoms with van der Waals surface area (Å²) in [4.78, 5) is 26.8. The van der Waals surface area contributed by atoms with E-state index in [2.05, 4.69) is 15.6 Å². The molecule has 126 valence electrons. The standard InChI is InChI=1S/C17H14N4O3S/c1-18-17-20-15(10-25-17)11-2-6-13(7-3-11)19-16(22)12-4-8-14(9-5-12)21(23)24/h2-10H,1H3,(H,18,20)(H,19,22). The van der Waals surface area contributed by atoms with Crippen LogP contribution in [0.4, 0.5) is 16.5 Å². The fourth-order valence-electron chi connectivity index (χ4n) is 2.18. The molecule has 2 aromatic carbocycles. The summed E-state index contributed by atoms with van der Waals surface area (Å²) in [5.74, 6) is -0.325. The van der Waals surface area contributed by atoms with Crippen molar-refractivity contribution in [2.45, 2.75) is 0 Å². The van der Waals surface area contributed by atoms with Gasteiger partial charge in [0.25, 0.3) is 11.6 Å². The van der Waals surface area contributed by atoms with Crippen molar-refractivity contribution in [2.24, 2.45) is 0 Å². The zero-order valence-corrected chi connectivity index (χ0v) is 14.0. The van der Waals surface area contributed by atoms with Crippen molar-refractivity contribution in [1.29, 1.82) is 0 Å². The van der Waals surface area contributed by atoms with Crippen molar-refractivity contribution in [3.05, 3.63) is 69.6 Å². The molecular weight excluding hydrogens is 340 g/mol. The zero-order valence-electron chi connectivity index (χ0n) is 13.2. The van der Waals surface area contributed by atoms with E-state index in [0.29, 0.717) is 11.3 Å². The van der Waals surface area contributed by atoms with Gasteiger partial charge in [-0.25, -0.2) is 4.98 Å². The van der Waals surface area contributed by atoms with Crippen LogP contribution in [0.15, 0.2) is 53.9 Å². The molecule has 0 atom stereocenters. The number of non-ortho nitro benzene ring substituents is 1. The first-order chi connectivity index (χ1) is 12.1. The highest BCUT2D eigenvalue weighted by Crippen LogP contribution is 2.25. The van der Waals surface area contributed by atoms with Crippen LogP contribution in [0.5, 0.6) is 0 Å². The van der Waals surface area contributed by atoms with E-state index < -0.39 is 4.92 Å². The number of amides is 1. The molecule has 0 spiro atoms. The van der Waals surface area contributed by atoms with Crippen molar-refractivity contribution in [1.82, 2.24) is 4.98 Å². The van der Waals surface area contributed by atoms with Crippen LogP contribution in [-0.2, 0) is 0 Å². The number of nitro benzene ring substituents is 1. The van der Waals surface area contributed by atoms with Crippen LogP contribution in [0, 0.1) is 10.1 Å². The largest absolute Gasteiger partial charge is 0.365 e. The first-order valence-electron chi connectivity index (χ1n) is 7.36. The Morgan fingerprint density at radius 3 is 2.36 bits per heavy atom. The third kappa shape index (κ3) is 3.81. The average molecular weight is 354 g/mol. The number of rotatable bonds is 5. The smallest absolute Gasteiger partial charge is 0.269 e. The number of carbonyl (C=O) groups is 1. The summed E-state index contributed by atoms with van der Waals surface area (Å²) in [6.45, 7) is 0. The number of nitrogens with one attached hydrogen (secondary N) is 2. The highest BCUT2D eigenvalue weighted by molar-refractivity contribution is 7.14. The molecule has 0 aliphatic heterocycles. The second-order valence-corrected chi connectivity index (χ2v) is 5.98. The summed E-state index contributed by atoms with van der Waals surface area (Å²) >= 11 is 1.52. The molecule has 7 nitrogen and oxygen atoms in total. The fourth-order valence-corrected chi connectivity index (χ4v) is 2.86. The van der Waals surface area contributed by atoms with E-state index in [0.717, 1.165) is 16.4 Å². The molecule has 1 amide bonds. The van der Waals surface area contributed by atoms with Crippen LogP contribution in [0.1, 0.15) is 10.4 Å². The van der Waals surface area contributed by atoms with Crippen molar-refractivity contribution in [3.8, 4) is 11.3 Å². The number of hydrogen-bond donors (Lipinski definition) is 2. The van der Waals surface area contributed by atoms with E-state index in [1.165, 1.54) is 35.6 Å². The molecule has 0 bridgehead atoms. The lowest BCUT2D eigenvalue weighted by Crippen LogP contribution is -2.11. The molecule has 25 heavy (non-hydrogen) atoms. The van der Waals surface area contributed by atoms with E-state index in [1.807, 2.05) is 24.6 Å². The Balaban J connectivity index is 1.70. The number of carbonyl (C=O) groups excluding carboxylic acids is 1. The number of anilines is 2.